The highest BCUT2D eigenvalue weighted by Gasteiger charge is 2.24. The van der Waals surface area contributed by atoms with Gasteiger partial charge in [-0.05, 0) is 17.9 Å². The summed E-state index contributed by atoms with van der Waals surface area (Å²) in [5.74, 6) is 0.753. The van der Waals surface area contributed by atoms with Crippen LogP contribution < -0.4 is 5.32 Å². The lowest BCUT2D eigenvalue weighted by Crippen LogP contribution is -2.51. The predicted octanol–water partition coefficient (Wildman–Crippen LogP) is 2.93. The average Bonchev–Trinajstić information content (AvgIpc) is 3.26. The number of carbonyl (C=O) groups is 2. The van der Waals surface area contributed by atoms with E-state index in [0.717, 1.165) is 30.1 Å². The van der Waals surface area contributed by atoms with Crippen molar-refractivity contribution in [2.75, 3.05) is 32.7 Å². The molecule has 1 unspecified atom stereocenters. The fraction of sp³-hybridized carbons (Fsp3) is 0.500. The summed E-state index contributed by atoms with van der Waals surface area (Å²) in [5, 5.41) is 5.94. The molecule has 0 aliphatic carbocycles. The molecule has 1 aromatic carbocycles. The number of hydrogen-bond donors (Lipinski definition) is 1. The largest absolute Gasteiger partial charge is 0.342 e. The lowest BCUT2D eigenvalue weighted by Gasteiger charge is -2.34. The van der Waals surface area contributed by atoms with Gasteiger partial charge in [-0.15, -0.1) is 11.3 Å². The van der Waals surface area contributed by atoms with Gasteiger partial charge >= 0.3 is 0 Å². The first-order chi connectivity index (χ1) is 14.0. The third-order valence-electron chi connectivity index (χ3n) is 5.16. The van der Waals surface area contributed by atoms with Gasteiger partial charge in [0.1, 0.15) is 11.0 Å². The fourth-order valence-electron chi connectivity index (χ4n) is 3.45. The minimum absolute atomic E-state index is 0.0198. The number of hydrogen-bond acceptors (Lipinski definition) is 5. The van der Waals surface area contributed by atoms with Crippen LogP contribution in [0.2, 0.25) is 0 Å². The summed E-state index contributed by atoms with van der Waals surface area (Å²) in [4.78, 5) is 33.5. The van der Waals surface area contributed by atoms with Gasteiger partial charge in [0.05, 0.1) is 6.54 Å². The predicted molar refractivity (Wildman–Crippen MR) is 116 cm³/mol. The zero-order chi connectivity index (χ0) is 20.6. The van der Waals surface area contributed by atoms with Crippen molar-refractivity contribution in [1.82, 2.24) is 20.1 Å². The Balaban J connectivity index is 1.51. The SMILES string of the molecule is CC(C)CCC(=O)N1CCN(CC(=O)NC(c2ccccc2)c2nccs2)CC1. The van der Waals surface area contributed by atoms with E-state index in [2.05, 4.69) is 29.0 Å². The standard InChI is InChI=1S/C22H30N4O2S/c1-17(2)8-9-20(28)26-13-11-25(12-14-26)16-19(27)24-21(22-23-10-15-29-22)18-6-4-3-5-7-18/h3-7,10,15,17,21H,8-9,11-14,16H2,1-2H3,(H,24,27). The summed E-state index contributed by atoms with van der Waals surface area (Å²) in [5.41, 5.74) is 1.02. The number of rotatable bonds is 8. The fourth-order valence-corrected chi connectivity index (χ4v) is 4.16. The van der Waals surface area contributed by atoms with E-state index in [0.29, 0.717) is 32.0 Å². The van der Waals surface area contributed by atoms with E-state index in [4.69, 9.17) is 0 Å². The van der Waals surface area contributed by atoms with E-state index in [-0.39, 0.29) is 17.9 Å². The molecule has 0 saturated carbocycles. The maximum absolute atomic E-state index is 12.7. The van der Waals surface area contributed by atoms with Crippen LogP contribution in [0, 0.1) is 5.92 Å². The van der Waals surface area contributed by atoms with E-state index < -0.39 is 0 Å². The molecule has 29 heavy (non-hydrogen) atoms. The Hall–Kier alpha value is -2.25. The molecular weight excluding hydrogens is 384 g/mol. The number of nitrogens with one attached hydrogen (secondary N) is 1. The minimum atomic E-state index is -0.234. The summed E-state index contributed by atoms with van der Waals surface area (Å²) >= 11 is 1.54. The molecular formula is C22H30N4O2S. The van der Waals surface area contributed by atoms with E-state index in [1.54, 1.807) is 17.5 Å². The summed E-state index contributed by atoms with van der Waals surface area (Å²) in [6, 6.07) is 9.69. The molecule has 7 heteroatoms. The van der Waals surface area contributed by atoms with Crippen LogP contribution >= 0.6 is 11.3 Å². The second kappa shape index (κ2) is 10.5. The van der Waals surface area contributed by atoms with Crippen molar-refractivity contribution >= 4 is 23.2 Å². The molecule has 1 aliphatic heterocycles. The van der Waals surface area contributed by atoms with Gasteiger partial charge in [-0.1, -0.05) is 44.2 Å². The van der Waals surface area contributed by atoms with E-state index in [1.165, 1.54) is 0 Å². The number of thiazole rings is 1. The Morgan fingerprint density at radius 1 is 1.14 bits per heavy atom. The van der Waals surface area contributed by atoms with Crippen LogP contribution in [0.1, 0.15) is 43.3 Å². The van der Waals surface area contributed by atoms with Crippen molar-refractivity contribution < 1.29 is 9.59 Å². The molecule has 1 N–H and O–H groups in total. The van der Waals surface area contributed by atoms with Crippen LogP contribution in [0.15, 0.2) is 41.9 Å². The maximum Gasteiger partial charge on any atom is 0.235 e. The molecule has 0 radical (unpaired) electrons. The van der Waals surface area contributed by atoms with Crippen LogP contribution in [0.4, 0.5) is 0 Å². The monoisotopic (exact) mass is 414 g/mol. The van der Waals surface area contributed by atoms with Gasteiger partial charge in [0.2, 0.25) is 11.8 Å². The molecule has 1 aromatic heterocycles. The normalized spacial score (nSPS) is 16.0. The first-order valence-electron chi connectivity index (χ1n) is 10.3. The maximum atomic E-state index is 12.7. The molecule has 1 aliphatic rings. The Bertz CT molecular complexity index is 771. The highest BCUT2D eigenvalue weighted by Crippen LogP contribution is 2.23. The molecule has 1 saturated heterocycles. The first kappa shape index (κ1) is 21.5. The van der Waals surface area contributed by atoms with Crippen molar-refractivity contribution in [3.05, 3.63) is 52.5 Å². The molecule has 0 bridgehead atoms. The minimum Gasteiger partial charge on any atom is -0.342 e. The molecule has 156 valence electrons. The summed E-state index contributed by atoms with van der Waals surface area (Å²) in [6.07, 6.45) is 3.31. The molecule has 2 heterocycles. The van der Waals surface area contributed by atoms with Crippen LogP contribution in [-0.4, -0.2) is 59.3 Å². The van der Waals surface area contributed by atoms with Gasteiger partial charge in [-0.2, -0.15) is 0 Å². The number of aromatic nitrogens is 1. The van der Waals surface area contributed by atoms with Gasteiger partial charge in [-0.25, -0.2) is 4.98 Å². The first-order valence-corrected chi connectivity index (χ1v) is 11.1. The van der Waals surface area contributed by atoms with Gasteiger partial charge in [-0.3, -0.25) is 14.5 Å². The van der Waals surface area contributed by atoms with Crippen molar-refractivity contribution in [3.8, 4) is 0 Å². The molecule has 1 fully saturated rings. The van der Waals surface area contributed by atoms with Gasteiger partial charge in [0.25, 0.3) is 0 Å². The van der Waals surface area contributed by atoms with Crippen molar-refractivity contribution in [2.45, 2.75) is 32.7 Å². The zero-order valence-corrected chi connectivity index (χ0v) is 18.0. The van der Waals surface area contributed by atoms with Crippen LogP contribution in [0.5, 0.6) is 0 Å². The molecule has 0 spiro atoms. The van der Waals surface area contributed by atoms with E-state index >= 15 is 0 Å². The second-order valence-corrected chi connectivity index (χ2v) is 8.80. The van der Waals surface area contributed by atoms with Gasteiger partial charge in [0, 0.05) is 44.2 Å². The topological polar surface area (TPSA) is 65.5 Å². The molecule has 6 nitrogen and oxygen atoms in total. The number of amides is 2. The lowest BCUT2D eigenvalue weighted by molar-refractivity contribution is -0.133. The third-order valence-corrected chi connectivity index (χ3v) is 6.00. The van der Waals surface area contributed by atoms with E-state index in [1.807, 2.05) is 40.6 Å². The number of nitrogens with zero attached hydrogens (tertiary/aromatic N) is 3. The number of piperazine rings is 1. The lowest BCUT2D eigenvalue weighted by atomic mass is 10.1. The Morgan fingerprint density at radius 2 is 1.86 bits per heavy atom. The van der Waals surface area contributed by atoms with Crippen molar-refractivity contribution in [1.29, 1.82) is 0 Å². The van der Waals surface area contributed by atoms with Crippen LogP contribution in [0.3, 0.4) is 0 Å². The molecule has 2 amide bonds. The second-order valence-electron chi connectivity index (χ2n) is 7.87. The number of carbonyl (C=O) groups excluding carboxylic acids is 2. The highest BCUT2D eigenvalue weighted by atomic mass is 32.1. The Morgan fingerprint density at radius 3 is 2.48 bits per heavy atom. The third kappa shape index (κ3) is 6.37. The van der Waals surface area contributed by atoms with Crippen molar-refractivity contribution in [3.63, 3.8) is 0 Å². The highest BCUT2D eigenvalue weighted by molar-refractivity contribution is 7.09. The quantitative estimate of drug-likeness (QED) is 0.721. The Labute approximate surface area is 176 Å². The Kier molecular flexibility index (Phi) is 7.77. The zero-order valence-electron chi connectivity index (χ0n) is 17.2. The number of benzene rings is 1. The van der Waals surface area contributed by atoms with Crippen LogP contribution in [0.25, 0.3) is 0 Å². The molecule has 1 atom stereocenters. The smallest absolute Gasteiger partial charge is 0.235 e. The molecule has 2 aromatic rings. The van der Waals surface area contributed by atoms with Crippen molar-refractivity contribution in [2.24, 2.45) is 5.92 Å². The summed E-state index contributed by atoms with van der Waals surface area (Å²) in [7, 11) is 0. The summed E-state index contributed by atoms with van der Waals surface area (Å²) < 4.78 is 0. The summed E-state index contributed by atoms with van der Waals surface area (Å²) in [6.45, 7) is 7.46. The average molecular weight is 415 g/mol. The van der Waals surface area contributed by atoms with E-state index in [9.17, 15) is 9.59 Å². The molecule has 3 rings (SSSR count). The van der Waals surface area contributed by atoms with Crippen LogP contribution in [-0.2, 0) is 9.59 Å². The van der Waals surface area contributed by atoms with Gasteiger partial charge < -0.3 is 10.2 Å². The van der Waals surface area contributed by atoms with Gasteiger partial charge in [0.15, 0.2) is 0 Å².